The van der Waals surface area contributed by atoms with E-state index in [2.05, 4.69) is 47.9 Å². The van der Waals surface area contributed by atoms with Crippen molar-refractivity contribution in [2.45, 2.75) is 13.1 Å². The third-order valence-electron chi connectivity index (χ3n) is 6.37. The summed E-state index contributed by atoms with van der Waals surface area (Å²) in [5.41, 5.74) is 12.1. The Morgan fingerprint density at radius 1 is 0.778 bits per heavy atom. The van der Waals surface area contributed by atoms with Crippen molar-refractivity contribution in [1.29, 1.82) is 0 Å². The van der Waals surface area contributed by atoms with E-state index in [0.717, 1.165) is 50.7 Å². The van der Waals surface area contributed by atoms with Crippen LogP contribution in [-0.4, -0.2) is 51.2 Å². The number of pyridine rings is 1. The van der Waals surface area contributed by atoms with E-state index in [1.165, 1.54) is 16.8 Å². The fraction of sp³-hybridized carbons (Fsp3) is 0.222. The maximum Gasteiger partial charge on any atom is 0.226 e. The maximum absolute atomic E-state index is 5.77. The predicted molar refractivity (Wildman–Crippen MR) is 140 cm³/mol. The van der Waals surface area contributed by atoms with Gasteiger partial charge in [0.15, 0.2) is 5.82 Å². The van der Waals surface area contributed by atoms with E-state index >= 15 is 0 Å². The highest BCUT2D eigenvalue weighted by Crippen LogP contribution is 2.30. The number of hydrogen-bond donors (Lipinski definition) is 1. The van der Waals surface area contributed by atoms with E-state index in [1.807, 2.05) is 36.4 Å². The number of rotatable bonds is 5. The fourth-order valence-corrected chi connectivity index (χ4v) is 4.51. The first kappa shape index (κ1) is 22.1. The van der Waals surface area contributed by atoms with Gasteiger partial charge >= 0.3 is 0 Å². The van der Waals surface area contributed by atoms with Crippen LogP contribution < -0.4 is 15.5 Å². The molecule has 36 heavy (non-hydrogen) atoms. The van der Waals surface area contributed by atoms with Gasteiger partial charge in [-0.25, -0.2) is 24.9 Å². The summed E-state index contributed by atoms with van der Waals surface area (Å²) in [6.45, 7) is 4.97. The average Bonchev–Trinajstić information content (AvgIpc) is 3.36. The Kier molecular flexibility index (Phi) is 5.96. The minimum absolute atomic E-state index is 0.482. The van der Waals surface area contributed by atoms with E-state index in [9.17, 15) is 0 Å². The lowest BCUT2D eigenvalue weighted by Crippen LogP contribution is -2.36. The van der Waals surface area contributed by atoms with Crippen molar-refractivity contribution in [2.75, 3.05) is 41.8 Å². The van der Waals surface area contributed by atoms with E-state index in [-0.39, 0.29) is 0 Å². The molecule has 1 fully saturated rings. The number of hydrogen-bond acceptors (Lipinski definition) is 9. The topological polar surface area (TPSA) is 106 Å². The molecule has 4 aromatic rings. The zero-order valence-electron chi connectivity index (χ0n) is 19.8. The molecule has 0 bridgehead atoms. The second-order valence-electron chi connectivity index (χ2n) is 8.80. The summed E-state index contributed by atoms with van der Waals surface area (Å²) in [6, 6.07) is 14.1. The number of benzene rings is 1. The van der Waals surface area contributed by atoms with Gasteiger partial charge in [0.1, 0.15) is 11.5 Å². The van der Waals surface area contributed by atoms with Gasteiger partial charge in [-0.05, 0) is 59.2 Å². The molecule has 6 rings (SSSR count). The van der Waals surface area contributed by atoms with Gasteiger partial charge in [0.25, 0.3) is 0 Å². The number of anilines is 3. The van der Waals surface area contributed by atoms with E-state index in [1.54, 1.807) is 18.6 Å². The molecule has 2 aliphatic heterocycles. The van der Waals surface area contributed by atoms with Crippen molar-refractivity contribution in [3.63, 3.8) is 0 Å². The zero-order chi connectivity index (χ0) is 24.3. The lowest BCUT2D eigenvalue weighted by atomic mass is 10.1. The molecule has 0 atom stereocenters. The molecule has 3 aromatic heterocycles. The molecule has 0 amide bonds. The Balaban J connectivity index is 1.20. The summed E-state index contributed by atoms with van der Waals surface area (Å²) < 4.78 is 5.49. The number of nitrogens with zero attached hydrogens (tertiary/aromatic N) is 7. The van der Waals surface area contributed by atoms with Crippen LogP contribution in [0.25, 0.3) is 23.7 Å². The minimum atomic E-state index is 0.482. The minimum Gasteiger partial charge on any atom is -0.384 e. The van der Waals surface area contributed by atoms with Crippen LogP contribution in [-0.2, 0) is 17.8 Å². The van der Waals surface area contributed by atoms with Gasteiger partial charge in [-0.15, -0.1) is 0 Å². The van der Waals surface area contributed by atoms with Crippen molar-refractivity contribution < 1.29 is 4.74 Å². The lowest BCUT2D eigenvalue weighted by Gasteiger charge is -2.29. The smallest absolute Gasteiger partial charge is 0.226 e. The number of nitrogens with two attached hydrogens (primary N) is 1. The van der Waals surface area contributed by atoms with Crippen LogP contribution in [0.15, 0.2) is 61.1 Å². The van der Waals surface area contributed by atoms with Crippen LogP contribution in [0.5, 0.6) is 0 Å². The molecule has 0 spiro atoms. The van der Waals surface area contributed by atoms with Crippen LogP contribution in [0.3, 0.4) is 0 Å². The van der Waals surface area contributed by atoms with Gasteiger partial charge in [0.05, 0.1) is 18.9 Å². The summed E-state index contributed by atoms with van der Waals surface area (Å²) in [6.07, 6.45) is 9.06. The molecule has 9 nitrogen and oxygen atoms in total. The largest absolute Gasteiger partial charge is 0.384 e. The molecular weight excluding hydrogens is 452 g/mol. The van der Waals surface area contributed by atoms with Gasteiger partial charge in [-0.1, -0.05) is 12.1 Å². The SMILES string of the molecule is Nc1cc(/C=C/c2ccnc(-c3ccnc(N4Cc5ccc(N6CCOCC6)cc5C4)n3)n2)ccn1. The van der Waals surface area contributed by atoms with E-state index in [4.69, 9.17) is 15.5 Å². The van der Waals surface area contributed by atoms with Gasteiger partial charge < -0.3 is 20.3 Å². The molecular formula is C27H26N8O. The average molecular weight is 479 g/mol. The summed E-state index contributed by atoms with van der Waals surface area (Å²) in [5.74, 6) is 1.71. The van der Waals surface area contributed by atoms with Crippen molar-refractivity contribution in [3.05, 3.63) is 83.4 Å². The van der Waals surface area contributed by atoms with Crippen molar-refractivity contribution in [1.82, 2.24) is 24.9 Å². The fourth-order valence-electron chi connectivity index (χ4n) is 4.51. The van der Waals surface area contributed by atoms with Gasteiger partial charge in [0, 0.05) is 50.5 Å². The van der Waals surface area contributed by atoms with Crippen LogP contribution in [0.4, 0.5) is 17.5 Å². The highest BCUT2D eigenvalue weighted by Gasteiger charge is 2.23. The second kappa shape index (κ2) is 9.71. The number of nitrogen functional groups attached to an aromatic ring is 1. The van der Waals surface area contributed by atoms with Crippen LogP contribution in [0.1, 0.15) is 22.4 Å². The molecule has 180 valence electrons. The molecule has 1 saturated heterocycles. The summed E-state index contributed by atoms with van der Waals surface area (Å²) in [5, 5.41) is 0. The van der Waals surface area contributed by atoms with E-state index in [0.29, 0.717) is 23.3 Å². The molecule has 0 unspecified atom stereocenters. The van der Waals surface area contributed by atoms with Gasteiger partial charge in [-0.2, -0.15) is 0 Å². The van der Waals surface area contributed by atoms with Crippen LogP contribution in [0, 0.1) is 0 Å². The van der Waals surface area contributed by atoms with Gasteiger partial charge in [-0.3, -0.25) is 0 Å². The number of aromatic nitrogens is 5. The maximum atomic E-state index is 5.77. The van der Waals surface area contributed by atoms with Crippen molar-refractivity contribution in [3.8, 4) is 11.5 Å². The Morgan fingerprint density at radius 2 is 1.61 bits per heavy atom. The molecule has 5 heterocycles. The molecule has 0 aliphatic carbocycles. The first-order chi connectivity index (χ1) is 17.7. The quantitative estimate of drug-likeness (QED) is 0.462. The second-order valence-corrected chi connectivity index (χ2v) is 8.80. The van der Waals surface area contributed by atoms with Crippen LogP contribution in [0.2, 0.25) is 0 Å². The molecule has 1 aromatic carbocycles. The molecule has 0 radical (unpaired) electrons. The molecule has 2 N–H and O–H groups in total. The molecule has 2 aliphatic rings. The third-order valence-corrected chi connectivity index (χ3v) is 6.37. The normalized spacial score (nSPS) is 15.4. The van der Waals surface area contributed by atoms with Gasteiger partial charge in [0.2, 0.25) is 5.95 Å². The Hall–Kier alpha value is -4.37. The number of fused-ring (bicyclic) bond motifs is 1. The zero-order valence-corrected chi connectivity index (χ0v) is 19.8. The highest BCUT2D eigenvalue weighted by molar-refractivity contribution is 5.69. The third kappa shape index (κ3) is 4.73. The first-order valence-electron chi connectivity index (χ1n) is 12.0. The first-order valence-corrected chi connectivity index (χ1v) is 12.0. The monoisotopic (exact) mass is 478 g/mol. The molecule has 9 heteroatoms. The summed E-state index contributed by atoms with van der Waals surface area (Å²) >= 11 is 0. The van der Waals surface area contributed by atoms with Crippen molar-refractivity contribution in [2.24, 2.45) is 0 Å². The molecule has 0 saturated carbocycles. The Bertz CT molecular complexity index is 1420. The van der Waals surface area contributed by atoms with Crippen molar-refractivity contribution >= 4 is 29.6 Å². The number of morpholine rings is 1. The van der Waals surface area contributed by atoms with Crippen LogP contribution >= 0.6 is 0 Å². The summed E-state index contributed by atoms with van der Waals surface area (Å²) in [7, 11) is 0. The number of ether oxygens (including phenoxy) is 1. The Labute approximate surface area is 209 Å². The van der Waals surface area contributed by atoms with E-state index < -0.39 is 0 Å². The Morgan fingerprint density at radius 3 is 2.50 bits per heavy atom. The lowest BCUT2D eigenvalue weighted by molar-refractivity contribution is 0.122. The standard InChI is InChI=1S/C27H26N8O/c28-25-15-19(5-8-29-25)1-3-22-6-9-30-26(32-22)24-7-10-31-27(33-24)35-17-20-2-4-23(16-21(20)18-35)34-11-13-36-14-12-34/h1-10,15-16H,11-14,17-18H2,(H2,28,29)/b3-1+. The highest BCUT2D eigenvalue weighted by atomic mass is 16.5. The summed E-state index contributed by atoms with van der Waals surface area (Å²) in [4.78, 5) is 27.1. The predicted octanol–water partition coefficient (Wildman–Crippen LogP) is 3.44.